The second-order valence-corrected chi connectivity index (χ2v) is 3.13. The largest absolute Gasteiger partial charge is 0.325 e. The molecule has 1 atom stereocenters. The molecule has 0 heterocycles. The zero-order valence-electron chi connectivity index (χ0n) is 6.15. The fraction of sp³-hybridized carbons (Fsp3) is 1.00. The third-order valence-corrected chi connectivity index (χ3v) is 1.28. The molecule has 0 radical (unpaired) electrons. The average molecular weight is 156 g/mol. The second kappa shape index (κ2) is 4.07. The first kappa shape index (κ1) is 11.9. The van der Waals surface area contributed by atoms with Crippen LogP contribution in [0.3, 0.4) is 0 Å². The molecule has 0 saturated carbocycles. The van der Waals surface area contributed by atoms with Gasteiger partial charge < -0.3 is 5.73 Å². The van der Waals surface area contributed by atoms with Crippen LogP contribution < -0.4 is 5.73 Å². The lowest BCUT2D eigenvalue weighted by Gasteiger charge is -2.23. The van der Waals surface area contributed by atoms with Crippen LogP contribution in [0.4, 0.5) is 4.39 Å². The molecule has 0 aromatic carbocycles. The average Bonchev–Trinajstić information content (AvgIpc) is 1.62. The van der Waals surface area contributed by atoms with E-state index >= 15 is 0 Å². The normalized spacial score (nSPS) is 14.3. The highest BCUT2D eigenvalue weighted by Crippen LogP contribution is 2.16. The molecule has 9 heavy (non-hydrogen) atoms. The molecule has 0 rings (SSSR count). The molecule has 0 bridgehead atoms. The first-order valence-electron chi connectivity index (χ1n) is 2.80. The summed E-state index contributed by atoms with van der Waals surface area (Å²) in [6.45, 7) is 5.36. The molecule has 58 valence electrons. The zero-order chi connectivity index (χ0) is 6.78. The van der Waals surface area contributed by atoms with Crippen molar-refractivity contribution >= 4 is 12.4 Å². The van der Waals surface area contributed by atoms with E-state index in [9.17, 15) is 4.39 Å². The molecule has 0 aliphatic carbocycles. The molecule has 0 aliphatic heterocycles. The molecule has 3 heteroatoms. The lowest BCUT2D eigenvalue weighted by molar-refractivity contribution is 0.264. The summed E-state index contributed by atoms with van der Waals surface area (Å²) in [4.78, 5) is 0. The van der Waals surface area contributed by atoms with Crippen LogP contribution in [0.1, 0.15) is 20.8 Å². The van der Waals surface area contributed by atoms with Crippen molar-refractivity contribution in [1.29, 1.82) is 0 Å². The topological polar surface area (TPSA) is 26.0 Å². The van der Waals surface area contributed by atoms with E-state index in [2.05, 4.69) is 0 Å². The summed E-state index contributed by atoms with van der Waals surface area (Å²) in [5.41, 5.74) is 5.29. The number of rotatable bonds is 1. The number of hydrogen-bond acceptors (Lipinski definition) is 1. The number of alkyl halides is 1. The van der Waals surface area contributed by atoms with E-state index in [1.165, 1.54) is 0 Å². The van der Waals surface area contributed by atoms with Crippen LogP contribution in [0, 0.1) is 5.41 Å². The molecule has 2 N–H and O–H groups in total. The van der Waals surface area contributed by atoms with Gasteiger partial charge in [-0.05, 0) is 5.41 Å². The van der Waals surface area contributed by atoms with Crippen LogP contribution in [0.2, 0.25) is 0 Å². The third kappa shape index (κ3) is 4.67. The highest BCUT2D eigenvalue weighted by atomic mass is 35.5. The highest BCUT2D eigenvalue weighted by Gasteiger charge is 2.19. The summed E-state index contributed by atoms with van der Waals surface area (Å²) in [7, 11) is 0. The van der Waals surface area contributed by atoms with Crippen molar-refractivity contribution in [3.63, 3.8) is 0 Å². The Kier molecular flexibility index (Phi) is 5.39. The fourth-order valence-corrected chi connectivity index (χ4v) is 0.231. The van der Waals surface area contributed by atoms with Crippen molar-refractivity contribution in [2.75, 3.05) is 6.67 Å². The third-order valence-electron chi connectivity index (χ3n) is 1.28. The maximum Gasteiger partial charge on any atom is 0.105 e. The number of hydrogen-bond donors (Lipinski definition) is 1. The number of nitrogens with two attached hydrogens (primary N) is 1. The van der Waals surface area contributed by atoms with E-state index in [-0.39, 0.29) is 23.9 Å². The molecule has 0 saturated heterocycles. The van der Waals surface area contributed by atoms with Crippen molar-refractivity contribution in [2.24, 2.45) is 11.1 Å². The Morgan fingerprint density at radius 3 is 1.78 bits per heavy atom. The van der Waals surface area contributed by atoms with Gasteiger partial charge in [-0.25, -0.2) is 4.39 Å². The van der Waals surface area contributed by atoms with Gasteiger partial charge in [0.25, 0.3) is 0 Å². The Balaban J connectivity index is 0. The second-order valence-electron chi connectivity index (χ2n) is 3.13. The first-order chi connectivity index (χ1) is 3.48. The van der Waals surface area contributed by atoms with Crippen molar-refractivity contribution in [1.82, 2.24) is 0 Å². The van der Waals surface area contributed by atoms with Gasteiger partial charge in [0.05, 0.1) is 0 Å². The summed E-state index contributed by atoms with van der Waals surface area (Å²) < 4.78 is 11.8. The lowest BCUT2D eigenvalue weighted by Crippen LogP contribution is -2.36. The monoisotopic (exact) mass is 155 g/mol. The fourth-order valence-electron chi connectivity index (χ4n) is 0.231. The molecule has 1 nitrogen and oxygen atoms in total. The molecule has 0 unspecified atom stereocenters. The predicted molar refractivity (Wildman–Crippen MR) is 40.7 cm³/mol. The summed E-state index contributed by atoms with van der Waals surface area (Å²) in [5.74, 6) is 0. The molecule has 0 fully saturated rings. The lowest BCUT2D eigenvalue weighted by atomic mass is 9.88. The maximum atomic E-state index is 11.8. The summed E-state index contributed by atoms with van der Waals surface area (Å²) >= 11 is 0. The van der Waals surface area contributed by atoms with E-state index in [4.69, 9.17) is 5.73 Å². The van der Waals surface area contributed by atoms with Gasteiger partial charge in [-0.15, -0.1) is 12.4 Å². The molecule has 0 aromatic heterocycles. The summed E-state index contributed by atoms with van der Waals surface area (Å²) in [6.07, 6.45) is 0. The highest BCUT2D eigenvalue weighted by molar-refractivity contribution is 5.85. The van der Waals surface area contributed by atoms with E-state index < -0.39 is 6.67 Å². The Morgan fingerprint density at radius 1 is 1.44 bits per heavy atom. The zero-order valence-corrected chi connectivity index (χ0v) is 6.96. The van der Waals surface area contributed by atoms with Gasteiger partial charge >= 0.3 is 0 Å². The first-order valence-corrected chi connectivity index (χ1v) is 2.80. The maximum absolute atomic E-state index is 11.8. The van der Waals surface area contributed by atoms with Gasteiger partial charge in [0.15, 0.2) is 0 Å². The van der Waals surface area contributed by atoms with Crippen molar-refractivity contribution < 1.29 is 4.39 Å². The van der Waals surface area contributed by atoms with Gasteiger partial charge in [0, 0.05) is 6.04 Å². The van der Waals surface area contributed by atoms with Gasteiger partial charge in [-0.3, -0.25) is 0 Å². The Hall–Kier alpha value is 0.180. The minimum atomic E-state index is -0.427. The Morgan fingerprint density at radius 2 is 1.78 bits per heavy atom. The number of halogens is 2. The van der Waals surface area contributed by atoms with Crippen LogP contribution in [0.5, 0.6) is 0 Å². The van der Waals surface area contributed by atoms with E-state index in [1.807, 2.05) is 20.8 Å². The molecule has 0 aliphatic rings. The van der Waals surface area contributed by atoms with Crippen LogP contribution >= 0.6 is 12.4 Å². The molecule has 0 spiro atoms. The van der Waals surface area contributed by atoms with Gasteiger partial charge in [-0.2, -0.15) is 0 Å². The van der Waals surface area contributed by atoms with Gasteiger partial charge in [-0.1, -0.05) is 20.8 Å². The minimum Gasteiger partial charge on any atom is -0.325 e. The van der Waals surface area contributed by atoms with Crippen LogP contribution in [0.25, 0.3) is 0 Å². The SMILES string of the molecule is CC(C)(C)[C@@H](N)CF.Cl. The van der Waals surface area contributed by atoms with Crippen LogP contribution in [-0.4, -0.2) is 12.7 Å². The molecular formula is C6H15ClFN. The van der Waals surface area contributed by atoms with Crippen molar-refractivity contribution in [2.45, 2.75) is 26.8 Å². The van der Waals surface area contributed by atoms with Crippen LogP contribution in [-0.2, 0) is 0 Å². The smallest absolute Gasteiger partial charge is 0.105 e. The molecular weight excluding hydrogens is 141 g/mol. The van der Waals surface area contributed by atoms with E-state index in [0.29, 0.717) is 0 Å². The Bertz CT molecular complexity index is 69.9. The van der Waals surface area contributed by atoms with E-state index in [1.54, 1.807) is 0 Å². The minimum absolute atomic E-state index is 0. The van der Waals surface area contributed by atoms with Crippen molar-refractivity contribution in [3.8, 4) is 0 Å². The standard InChI is InChI=1S/C6H14FN.ClH/c1-6(2,3)5(8)4-7;/h5H,4,8H2,1-3H3;1H/t5-;/m0./s1. The van der Waals surface area contributed by atoms with E-state index in [0.717, 1.165) is 0 Å². The predicted octanol–water partition coefficient (Wildman–Crippen LogP) is 1.75. The summed E-state index contributed by atoms with van der Waals surface area (Å²) in [5, 5.41) is 0. The van der Waals surface area contributed by atoms with Crippen molar-refractivity contribution in [3.05, 3.63) is 0 Å². The van der Waals surface area contributed by atoms with Gasteiger partial charge in [0.2, 0.25) is 0 Å². The molecule has 0 amide bonds. The summed E-state index contributed by atoms with van der Waals surface area (Å²) in [6, 6.07) is -0.317. The van der Waals surface area contributed by atoms with Gasteiger partial charge in [0.1, 0.15) is 6.67 Å². The molecule has 0 aromatic rings. The van der Waals surface area contributed by atoms with Crippen LogP contribution in [0.15, 0.2) is 0 Å². The Labute approximate surface area is 62.2 Å². The quantitative estimate of drug-likeness (QED) is 0.614.